The van der Waals surface area contributed by atoms with Gasteiger partial charge in [0.15, 0.2) is 10.8 Å². The lowest BCUT2D eigenvalue weighted by Crippen LogP contribution is -2.31. The van der Waals surface area contributed by atoms with E-state index in [2.05, 4.69) is 16.1 Å². The summed E-state index contributed by atoms with van der Waals surface area (Å²) in [6.07, 6.45) is 5.14. The Labute approximate surface area is 93.3 Å². The number of hydrogen-bond donors (Lipinski definition) is 0. The fourth-order valence-electron chi connectivity index (χ4n) is 1.03. The van der Waals surface area contributed by atoms with Gasteiger partial charge in [-0.15, -0.1) is 16.6 Å². The first-order chi connectivity index (χ1) is 7.19. The van der Waals surface area contributed by atoms with E-state index in [1.807, 2.05) is 6.92 Å². The van der Waals surface area contributed by atoms with Crippen LogP contribution >= 0.6 is 11.6 Å². The van der Waals surface area contributed by atoms with Crippen LogP contribution in [0.15, 0.2) is 12.1 Å². The van der Waals surface area contributed by atoms with Crippen LogP contribution in [0.25, 0.3) is 0 Å². The number of terminal acetylenes is 1. The van der Waals surface area contributed by atoms with Crippen molar-refractivity contribution in [2.75, 3.05) is 13.1 Å². The van der Waals surface area contributed by atoms with Gasteiger partial charge in [-0.05, 0) is 19.1 Å². The highest BCUT2D eigenvalue weighted by atomic mass is 35.5. The molecule has 1 rings (SSSR count). The van der Waals surface area contributed by atoms with Gasteiger partial charge in [-0.2, -0.15) is 0 Å². The maximum atomic E-state index is 11.8. The summed E-state index contributed by atoms with van der Waals surface area (Å²) >= 11 is 5.56. The molecule has 0 N–H and O–H groups in total. The molecule has 0 bridgehead atoms. The third-order valence-corrected chi connectivity index (χ3v) is 2.00. The van der Waals surface area contributed by atoms with Crippen LogP contribution in [-0.2, 0) is 0 Å². The number of rotatable bonds is 3. The average Bonchev–Trinajstić information content (AvgIpc) is 2.26. The fraction of sp³-hybridized carbons (Fsp3) is 0.300. The second-order valence-electron chi connectivity index (χ2n) is 2.76. The number of carbonyl (C=O) groups excluding carboxylic acids is 1. The first-order valence-corrected chi connectivity index (χ1v) is 4.78. The standard InChI is InChI=1S/C10H10ClN3O/c1-3-7-14(4-2)10(15)8-5-6-9(11)13-12-8/h1,5-6H,4,7H2,2H3. The van der Waals surface area contributed by atoms with Crippen molar-refractivity contribution in [2.45, 2.75) is 6.92 Å². The number of carbonyl (C=O) groups is 1. The molecule has 0 saturated carbocycles. The van der Waals surface area contributed by atoms with Gasteiger partial charge in [0, 0.05) is 6.54 Å². The molecule has 0 fully saturated rings. The van der Waals surface area contributed by atoms with Gasteiger partial charge in [0.1, 0.15) is 0 Å². The molecule has 0 aliphatic heterocycles. The molecule has 0 aliphatic carbocycles. The fourth-order valence-corrected chi connectivity index (χ4v) is 1.13. The zero-order valence-electron chi connectivity index (χ0n) is 8.27. The van der Waals surface area contributed by atoms with E-state index in [1.165, 1.54) is 17.0 Å². The molecule has 78 valence electrons. The maximum absolute atomic E-state index is 11.8. The van der Waals surface area contributed by atoms with Crippen molar-refractivity contribution in [3.05, 3.63) is 23.0 Å². The van der Waals surface area contributed by atoms with E-state index in [0.717, 1.165) is 0 Å². The first kappa shape index (κ1) is 11.5. The van der Waals surface area contributed by atoms with Crippen LogP contribution in [0.3, 0.4) is 0 Å². The van der Waals surface area contributed by atoms with Gasteiger partial charge in [0.2, 0.25) is 0 Å². The Morgan fingerprint density at radius 2 is 2.33 bits per heavy atom. The van der Waals surface area contributed by atoms with Crippen molar-refractivity contribution < 1.29 is 4.79 Å². The summed E-state index contributed by atoms with van der Waals surface area (Å²) in [4.78, 5) is 13.3. The highest BCUT2D eigenvalue weighted by Gasteiger charge is 2.14. The SMILES string of the molecule is C#CCN(CC)C(=O)c1ccc(Cl)nn1. The minimum Gasteiger partial charge on any atom is -0.326 e. The minimum atomic E-state index is -0.236. The minimum absolute atomic E-state index is 0.236. The summed E-state index contributed by atoms with van der Waals surface area (Å²) in [5.41, 5.74) is 0.247. The Morgan fingerprint density at radius 1 is 1.60 bits per heavy atom. The van der Waals surface area contributed by atoms with Crippen molar-refractivity contribution in [3.8, 4) is 12.3 Å². The molecular formula is C10H10ClN3O. The zero-order valence-corrected chi connectivity index (χ0v) is 9.03. The highest BCUT2D eigenvalue weighted by Crippen LogP contribution is 2.04. The monoisotopic (exact) mass is 223 g/mol. The molecule has 15 heavy (non-hydrogen) atoms. The Balaban J connectivity index is 2.84. The predicted octanol–water partition coefficient (Wildman–Crippen LogP) is 1.23. The normalized spacial score (nSPS) is 9.40. The van der Waals surface area contributed by atoms with Crippen LogP contribution in [0.1, 0.15) is 17.4 Å². The van der Waals surface area contributed by atoms with Gasteiger partial charge in [-0.25, -0.2) is 0 Å². The van der Waals surface area contributed by atoms with Gasteiger partial charge in [0.05, 0.1) is 6.54 Å². The summed E-state index contributed by atoms with van der Waals surface area (Å²) in [6, 6.07) is 3.04. The summed E-state index contributed by atoms with van der Waals surface area (Å²) in [6.45, 7) is 2.64. The van der Waals surface area contributed by atoms with E-state index in [0.29, 0.717) is 6.54 Å². The molecule has 0 aliphatic rings. The van der Waals surface area contributed by atoms with Crippen LogP contribution in [0.4, 0.5) is 0 Å². The Bertz CT molecular complexity index is 383. The number of halogens is 1. The Morgan fingerprint density at radius 3 is 2.80 bits per heavy atom. The summed E-state index contributed by atoms with van der Waals surface area (Å²) < 4.78 is 0. The van der Waals surface area contributed by atoms with E-state index in [-0.39, 0.29) is 23.3 Å². The molecule has 0 spiro atoms. The third-order valence-electron chi connectivity index (χ3n) is 1.80. The number of hydrogen-bond acceptors (Lipinski definition) is 3. The molecule has 1 aromatic rings. The molecule has 0 radical (unpaired) electrons. The van der Waals surface area contributed by atoms with Gasteiger partial charge < -0.3 is 4.90 Å². The average molecular weight is 224 g/mol. The lowest BCUT2D eigenvalue weighted by atomic mass is 10.3. The molecule has 0 saturated heterocycles. The van der Waals surface area contributed by atoms with E-state index in [1.54, 1.807) is 0 Å². The van der Waals surface area contributed by atoms with E-state index in [4.69, 9.17) is 18.0 Å². The Hall–Kier alpha value is -1.60. The second kappa shape index (κ2) is 5.32. The van der Waals surface area contributed by atoms with Gasteiger partial charge in [-0.3, -0.25) is 4.79 Å². The lowest BCUT2D eigenvalue weighted by molar-refractivity contribution is 0.0778. The summed E-state index contributed by atoms with van der Waals surface area (Å²) in [5.74, 6) is 2.18. The molecule has 0 unspecified atom stereocenters. The Kier molecular flexibility index (Phi) is 4.07. The van der Waals surface area contributed by atoms with E-state index in [9.17, 15) is 4.79 Å². The van der Waals surface area contributed by atoms with Crippen molar-refractivity contribution in [3.63, 3.8) is 0 Å². The van der Waals surface area contributed by atoms with E-state index >= 15 is 0 Å². The maximum Gasteiger partial charge on any atom is 0.275 e. The van der Waals surface area contributed by atoms with Crippen molar-refractivity contribution >= 4 is 17.5 Å². The van der Waals surface area contributed by atoms with Crippen LogP contribution in [0.5, 0.6) is 0 Å². The first-order valence-electron chi connectivity index (χ1n) is 4.41. The second-order valence-corrected chi connectivity index (χ2v) is 3.15. The summed E-state index contributed by atoms with van der Waals surface area (Å²) in [5, 5.41) is 7.54. The third kappa shape index (κ3) is 2.93. The quantitative estimate of drug-likeness (QED) is 0.724. The van der Waals surface area contributed by atoms with Crippen LogP contribution in [-0.4, -0.2) is 34.1 Å². The summed E-state index contributed by atoms with van der Waals surface area (Å²) in [7, 11) is 0. The zero-order chi connectivity index (χ0) is 11.3. The molecule has 1 amide bonds. The molecule has 4 nitrogen and oxygen atoms in total. The number of nitrogens with zero attached hydrogens (tertiary/aromatic N) is 3. The number of amides is 1. The predicted molar refractivity (Wildman–Crippen MR) is 57.5 cm³/mol. The molecule has 0 atom stereocenters. The molecule has 0 aromatic carbocycles. The number of aromatic nitrogens is 2. The van der Waals surface area contributed by atoms with Gasteiger partial charge in [-0.1, -0.05) is 17.5 Å². The van der Waals surface area contributed by atoms with Crippen molar-refractivity contribution in [1.82, 2.24) is 15.1 Å². The highest BCUT2D eigenvalue weighted by molar-refractivity contribution is 6.29. The van der Waals surface area contributed by atoms with Gasteiger partial charge in [0.25, 0.3) is 5.91 Å². The van der Waals surface area contributed by atoms with Crippen LogP contribution in [0.2, 0.25) is 5.15 Å². The smallest absolute Gasteiger partial charge is 0.275 e. The topological polar surface area (TPSA) is 46.1 Å². The van der Waals surface area contributed by atoms with Crippen molar-refractivity contribution in [2.24, 2.45) is 0 Å². The largest absolute Gasteiger partial charge is 0.326 e. The molecule has 1 heterocycles. The van der Waals surface area contributed by atoms with Crippen LogP contribution in [0, 0.1) is 12.3 Å². The molecular weight excluding hydrogens is 214 g/mol. The van der Waals surface area contributed by atoms with E-state index < -0.39 is 0 Å². The molecule has 1 aromatic heterocycles. The lowest BCUT2D eigenvalue weighted by Gasteiger charge is -2.16. The van der Waals surface area contributed by atoms with Crippen molar-refractivity contribution in [1.29, 1.82) is 0 Å². The molecule has 5 heteroatoms. The van der Waals surface area contributed by atoms with Crippen LogP contribution < -0.4 is 0 Å². The van der Waals surface area contributed by atoms with Gasteiger partial charge >= 0.3 is 0 Å².